The van der Waals surface area contributed by atoms with Crippen molar-refractivity contribution in [3.05, 3.63) is 24.5 Å². The zero-order valence-corrected chi connectivity index (χ0v) is 13.2. The number of ether oxygens (including phenoxy) is 1. The van der Waals surface area contributed by atoms with E-state index in [0.29, 0.717) is 6.73 Å². The molecule has 0 aromatic carbocycles. The second-order valence-corrected chi connectivity index (χ2v) is 19.4. The molecular formula is C12H18N2OSn. The average molecular weight is 325 g/mol. The van der Waals surface area contributed by atoms with E-state index in [9.17, 15) is 0 Å². The molecule has 3 nitrogen and oxygen atoms in total. The van der Waals surface area contributed by atoms with E-state index in [0.717, 1.165) is 5.65 Å². The first-order valence-electron chi connectivity index (χ1n) is 5.47. The topological polar surface area (TPSA) is 27.1 Å². The molecular weight excluding hydrogens is 307 g/mol. The normalized spacial score (nSPS) is 12.2. The van der Waals surface area contributed by atoms with Crippen molar-refractivity contribution in [3.63, 3.8) is 0 Å². The van der Waals surface area contributed by atoms with Crippen LogP contribution in [0.5, 0.6) is 0 Å². The van der Waals surface area contributed by atoms with Gasteiger partial charge in [0.25, 0.3) is 0 Å². The Balaban J connectivity index is 2.67. The van der Waals surface area contributed by atoms with E-state index in [4.69, 9.17) is 4.74 Å². The van der Waals surface area contributed by atoms with Crippen LogP contribution in [0.2, 0.25) is 14.8 Å². The minimum absolute atomic E-state index is 0.579. The molecule has 4 heteroatoms. The molecule has 0 fully saturated rings. The van der Waals surface area contributed by atoms with Crippen LogP contribution in [0.15, 0.2) is 24.5 Å². The second kappa shape index (κ2) is 4.37. The Bertz CT molecular complexity index is 499. The van der Waals surface area contributed by atoms with Crippen molar-refractivity contribution >= 4 is 33.0 Å². The predicted molar refractivity (Wildman–Crippen MR) is 69.7 cm³/mol. The SMILES string of the molecule is COCn1c[c]([Sn]([CH3])([CH3])[CH3])c2cccnc21. The molecule has 2 heterocycles. The van der Waals surface area contributed by atoms with Gasteiger partial charge in [0, 0.05) is 0 Å². The average Bonchev–Trinajstić information content (AvgIpc) is 2.58. The van der Waals surface area contributed by atoms with Gasteiger partial charge < -0.3 is 0 Å². The summed E-state index contributed by atoms with van der Waals surface area (Å²) in [6.07, 6.45) is 4.08. The Hall–Kier alpha value is -0.551. The number of methoxy groups -OCH3 is 1. The number of fused-ring (bicyclic) bond motifs is 1. The number of hydrogen-bond donors (Lipinski definition) is 0. The van der Waals surface area contributed by atoms with Crippen molar-refractivity contribution in [1.82, 2.24) is 9.55 Å². The van der Waals surface area contributed by atoms with Crippen LogP contribution >= 0.6 is 0 Å². The van der Waals surface area contributed by atoms with Gasteiger partial charge in [-0.25, -0.2) is 0 Å². The van der Waals surface area contributed by atoms with Gasteiger partial charge in [0.05, 0.1) is 0 Å². The quantitative estimate of drug-likeness (QED) is 0.809. The summed E-state index contributed by atoms with van der Waals surface area (Å²) in [5.41, 5.74) is 1.05. The molecule has 2 aromatic heterocycles. The molecule has 0 unspecified atom stereocenters. The van der Waals surface area contributed by atoms with E-state index in [-0.39, 0.29) is 0 Å². The Morgan fingerprint density at radius 2 is 2.12 bits per heavy atom. The summed E-state index contributed by atoms with van der Waals surface area (Å²) >= 11 is -2.06. The standard InChI is InChI=1S/C9H9N2O.3CH3.Sn/c1-12-7-11-6-4-8-3-2-5-10-9(8)11;;;;/h2-3,5-6H,7H2,1H3;3*1H3;. The van der Waals surface area contributed by atoms with E-state index in [1.54, 1.807) is 7.11 Å². The van der Waals surface area contributed by atoms with Crippen molar-refractivity contribution < 1.29 is 4.74 Å². The van der Waals surface area contributed by atoms with Crippen LogP contribution in [0.25, 0.3) is 11.0 Å². The first-order valence-corrected chi connectivity index (χ1v) is 15.5. The molecule has 2 aromatic rings. The van der Waals surface area contributed by atoms with E-state index in [2.05, 4.69) is 36.6 Å². The third-order valence-corrected chi connectivity index (χ3v) is 8.46. The third-order valence-electron chi connectivity index (χ3n) is 2.71. The van der Waals surface area contributed by atoms with Crippen LogP contribution in [0.1, 0.15) is 0 Å². The summed E-state index contributed by atoms with van der Waals surface area (Å²) in [5, 5.41) is 1.31. The van der Waals surface area contributed by atoms with Gasteiger partial charge in [0.15, 0.2) is 0 Å². The molecule has 0 aliphatic carbocycles. The maximum atomic E-state index is 5.21. The fourth-order valence-corrected chi connectivity index (χ4v) is 6.37. The van der Waals surface area contributed by atoms with Crippen molar-refractivity contribution in [2.75, 3.05) is 7.11 Å². The number of rotatable bonds is 3. The van der Waals surface area contributed by atoms with Crippen molar-refractivity contribution in [2.45, 2.75) is 21.5 Å². The van der Waals surface area contributed by atoms with Gasteiger partial charge >= 0.3 is 100 Å². The fraction of sp³-hybridized carbons (Fsp3) is 0.417. The minimum atomic E-state index is -2.06. The van der Waals surface area contributed by atoms with Crippen LogP contribution in [0, 0.1) is 0 Å². The van der Waals surface area contributed by atoms with Crippen LogP contribution in [0.3, 0.4) is 0 Å². The molecule has 0 saturated carbocycles. The molecule has 2 rings (SSSR count). The van der Waals surface area contributed by atoms with Crippen molar-refractivity contribution in [2.24, 2.45) is 0 Å². The summed E-state index contributed by atoms with van der Waals surface area (Å²) in [4.78, 5) is 11.7. The van der Waals surface area contributed by atoms with Crippen molar-refractivity contribution in [3.8, 4) is 0 Å². The van der Waals surface area contributed by atoms with Gasteiger partial charge in [-0.1, -0.05) is 0 Å². The summed E-state index contributed by atoms with van der Waals surface area (Å²) in [5.74, 6) is 0. The van der Waals surface area contributed by atoms with E-state index in [1.807, 2.05) is 12.3 Å². The Morgan fingerprint density at radius 1 is 1.38 bits per heavy atom. The maximum absolute atomic E-state index is 5.21. The molecule has 0 saturated heterocycles. The van der Waals surface area contributed by atoms with Crippen LogP contribution < -0.4 is 3.58 Å². The number of aromatic nitrogens is 2. The molecule has 0 atom stereocenters. The van der Waals surface area contributed by atoms with Gasteiger partial charge in [-0.05, 0) is 0 Å². The zero-order valence-electron chi connectivity index (χ0n) is 10.3. The number of hydrogen-bond acceptors (Lipinski definition) is 2. The molecule has 0 aliphatic heterocycles. The van der Waals surface area contributed by atoms with Gasteiger partial charge in [0.1, 0.15) is 0 Å². The Labute approximate surface area is 100 Å². The van der Waals surface area contributed by atoms with Gasteiger partial charge in [-0.3, -0.25) is 0 Å². The third kappa shape index (κ3) is 2.11. The zero-order chi connectivity index (χ0) is 11.8. The van der Waals surface area contributed by atoms with Crippen LogP contribution in [0.4, 0.5) is 0 Å². The molecule has 0 amide bonds. The molecule has 86 valence electrons. The van der Waals surface area contributed by atoms with Gasteiger partial charge in [-0.2, -0.15) is 0 Å². The second-order valence-electron chi connectivity index (χ2n) is 5.05. The molecule has 0 aliphatic rings. The van der Waals surface area contributed by atoms with Crippen LogP contribution in [-0.2, 0) is 11.5 Å². The van der Waals surface area contributed by atoms with E-state index < -0.39 is 18.4 Å². The number of nitrogens with zero attached hydrogens (tertiary/aromatic N) is 2. The van der Waals surface area contributed by atoms with E-state index in [1.165, 1.54) is 8.97 Å². The molecule has 0 N–H and O–H groups in total. The van der Waals surface area contributed by atoms with E-state index >= 15 is 0 Å². The Morgan fingerprint density at radius 3 is 2.75 bits per heavy atom. The number of pyridine rings is 1. The summed E-state index contributed by atoms with van der Waals surface area (Å²) in [6.45, 7) is 0.579. The molecule has 0 spiro atoms. The molecule has 0 radical (unpaired) electrons. The molecule has 0 bridgehead atoms. The van der Waals surface area contributed by atoms with Gasteiger partial charge in [-0.15, -0.1) is 0 Å². The van der Waals surface area contributed by atoms with Crippen molar-refractivity contribution in [1.29, 1.82) is 0 Å². The Kier molecular flexibility index (Phi) is 3.26. The summed E-state index contributed by atoms with van der Waals surface area (Å²) in [7, 11) is 1.72. The monoisotopic (exact) mass is 326 g/mol. The summed E-state index contributed by atoms with van der Waals surface area (Å²) < 4.78 is 8.83. The molecule has 16 heavy (non-hydrogen) atoms. The first kappa shape index (κ1) is 11.9. The summed E-state index contributed by atoms with van der Waals surface area (Å²) in [6, 6.07) is 4.19. The van der Waals surface area contributed by atoms with Gasteiger partial charge in [0.2, 0.25) is 0 Å². The van der Waals surface area contributed by atoms with Crippen LogP contribution in [-0.4, -0.2) is 35.0 Å². The predicted octanol–water partition coefficient (Wildman–Crippen LogP) is 2.19. The first-order chi connectivity index (χ1) is 7.54. The fourth-order valence-electron chi connectivity index (χ4n) is 1.96.